The van der Waals surface area contributed by atoms with Gasteiger partial charge >= 0.3 is 6.18 Å². The number of hydrogen-bond donors (Lipinski definition) is 1. The van der Waals surface area contributed by atoms with Crippen molar-refractivity contribution in [2.45, 2.75) is 65.1 Å². The summed E-state index contributed by atoms with van der Waals surface area (Å²) in [6.45, 7) is 10.5. The van der Waals surface area contributed by atoms with Crippen molar-refractivity contribution < 1.29 is 13.2 Å². The molecule has 4 aromatic rings. The molecule has 1 aromatic carbocycles. The molecule has 1 fully saturated rings. The van der Waals surface area contributed by atoms with Gasteiger partial charge in [0.05, 0.1) is 11.0 Å². The van der Waals surface area contributed by atoms with Gasteiger partial charge in [-0.2, -0.15) is 13.2 Å². The van der Waals surface area contributed by atoms with E-state index < -0.39 is 17.3 Å². The van der Waals surface area contributed by atoms with Crippen molar-refractivity contribution in [2.24, 2.45) is 18.9 Å². The Labute approximate surface area is 232 Å². The maximum atomic E-state index is 14.4. The first-order valence-electron chi connectivity index (χ1n) is 13.9. The van der Waals surface area contributed by atoms with Crippen LogP contribution in [0.15, 0.2) is 47.7 Å². The molecule has 0 radical (unpaired) electrons. The van der Waals surface area contributed by atoms with Crippen LogP contribution in [0.1, 0.15) is 69.6 Å². The number of aromatic nitrogens is 5. The lowest BCUT2D eigenvalue weighted by molar-refractivity contribution is -0.136. The number of hydrogen-bond acceptors (Lipinski definition) is 4. The molecule has 0 atom stereocenters. The minimum atomic E-state index is -4.63. The second-order valence-corrected chi connectivity index (χ2v) is 12.0. The number of aryl methyl sites for hydroxylation is 1. The summed E-state index contributed by atoms with van der Waals surface area (Å²) < 4.78 is 46.1. The number of H-pyrrole nitrogens is 1. The van der Waals surface area contributed by atoms with E-state index in [0.29, 0.717) is 29.8 Å². The molecule has 0 aliphatic heterocycles. The molecule has 10 heteroatoms. The number of nitrogens with zero attached hydrogens (tertiary/aromatic N) is 5. The average molecular weight is 555 g/mol. The predicted octanol–water partition coefficient (Wildman–Crippen LogP) is 6.05. The van der Waals surface area contributed by atoms with Crippen LogP contribution in [0.25, 0.3) is 16.6 Å². The van der Waals surface area contributed by atoms with Crippen LogP contribution in [0.2, 0.25) is 0 Å². The summed E-state index contributed by atoms with van der Waals surface area (Å²) in [6, 6.07) is 8.73. The van der Waals surface area contributed by atoms with E-state index in [9.17, 15) is 18.0 Å². The van der Waals surface area contributed by atoms with Gasteiger partial charge in [-0.15, -0.1) is 10.2 Å². The molecule has 0 saturated heterocycles. The molecule has 3 heterocycles. The number of nitrogens with one attached hydrogen (secondary N) is 1. The summed E-state index contributed by atoms with van der Waals surface area (Å²) in [5.41, 5.74) is 0.154. The van der Waals surface area contributed by atoms with Gasteiger partial charge in [0, 0.05) is 49.6 Å². The van der Waals surface area contributed by atoms with Gasteiger partial charge in [0.15, 0.2) is 0 Å². The molecule has 214 valence electrons. The van der Waals surface area contributed by atoms with Crippen molar-refractivity contribution in [2.75, 3.05) is 13.1 Å². The number of rotatable bonds is 9. The Bertz CT molecular complexity index is 1550. The summed E-state index contributed by atoms with van der Waals surface area (Å²) in [4.78, 5) is 19.0. The maximum Gasteiger partial charge on any atom is 0.418 e. The van der Waals surface area contributed by atoms with Gasteiger partial charge in [-0.25, -0.2) is 0 Å². The topological polar surface area (TPSA) is 71.7 Å². The maximum absolute atomic E-state index is 14.4. The van der Waals surface area contributed by atoms with Crippen molar-refractivity contribution in [1.82, 2.24) is 29.2 Å². The fourth-order valence-corrected chi connectivity index (χ4v) is 6.09. The highest BCUT2D eigenvalue weighted by atomic mass is 19.4. The van der Waals surface area contributed by atoms with Gasteiger partial charge in [-0.1, -0.05) is 46.2 Å². The molecule has 7 nitrogen and oxygen atoms in total. The van der Waals surface area contributed by atoms with Crippen LogP contribution in [-0.4, -0.2) is 42.3 Å². The Hall–Kier alpha value is -3.40. The average Bonchev–Trinajstić information content (AvgIpc) is 3.44. The van der Waals surface area contributed by atoms with E-state index in [0.717, 1.165) is 54.5 Å². The first-order valence-corrected chi connectivity index (χ1v) is 13.9. The molecule has 1 saturated carbocycles. The normalized spacial score (nSPS) is 15.5. The fraction of sp³-hybridized carbons (Fsp3) is 0.500. The van der Waals surface area contributed by atoms with Crippen LogP contribution in [0.5, 0.6) is 0 Å². The van der Waals surface area contributed by atoms with E-state index in [1.54, 1.807) is 18.5 Å². The molecule has 0 spiro atoms. The zero-order chi connectivity index (χ0) is 28.8. The van der Waals surface area contributed by atoms with Crippen LogP contribution in [0.3, 0.4) is 0 Å². The van der Waals surface area contributed by atoms with Gasteiger partial charge in [0.2, 0.25) is 0 Å². The first kappa shape index (κ1) is 28.1. The molecule has 0 unspecified atom stereocenters. The van der Waals surface area contributed by atoms with Crippen molar-refractivity contribution >= 4 is 10.9 Å². The Balaban J connectivity index is 1.61. The molecule has 40 heavy (non-hydrogen) atoms. The quantitative estimate of drug-likeness (QED) is 0.273. The second-order valence-electron chi connectivity index (χ2n) is 12.0. The van der Waals surface area contributed by atoms with Gasteiger partial charge in [0.1, 0.15) is 17.7 Å². The van der Waals surface area contributed by atoms with Gasteiger partial charge in [-0.05, 0) is 48.4 Å². The van der Waals surface area contributed by atoms with E-state index in [4.69, 9.17) is 0 Å². The lowest BCUT2D eigenvalue weighted by Gasteiger charge is -2.41. The van der Waals surface area contributed by atoms with E-state index in [1.165, 1.54) is 6.07 Å². The predicted molar refractivity (Wildman–Crippen MR) is 149 cm³/mol. The smallest absolute Gasteiger partial charge is 0.353 e. The summed E-state index contributed by atoms with van der Waals surface area (Å²) in [5, 5.41) is 8.29. The summed E-state index contributed by atoms with van der Waals surface area (Å²) in [6.07, 6.45) is 0.684. The zero-order valence-electron chi connectivity index (χ0n) is 23.7. The van der Waals surface area contributed by atoms with Crippen molar-refractivity contribution in [3.63, 3.8) is 0 Å². The standard InChI is InChI=1S/C30H37F3N6O/c1-19(2)14-38(15-20(3)4)16-22-13-24-25(30(31,32)33)17-39(27(40)26(24)35-22)23-9-6-8-21(12-23)29(10-7-11-29)28-36-34-18-37(28)5/h6,8-9,12-13,17-20,35H,7,10-11,14-16H2,1-5H3. The first-order chi connectivity index (χ1) is 18.9. The van der Waals surface area contributed by atoms with Crippen LogP contribution >= 0.6 is 0 Å². The van der Waals surface area contributed by atoms with E-state index in [2.05, 4.69) is 47.8 Å². The van der Waals surface area contributed by atoms with Gasteiger partial charge in [-0.3, -0.25) is 14.3 Å². The zero-order valence-corrected chi connectivity index (χ0v) is 23.7. The van der Waals surface area contributed by atoms with Crippen molar-refractivity contribution in [3.05, 3.63) is 75.9 Å². The molecule has 1 aliphatic rings. The van der Waals surface area contributed by atoms with Crippen LogP contribution in [0.4, 0.5) is 13.2 Å². The van der Waals surface area contributed by atoms with Crippen LogP contribution in [0, 0.1) is 11.8 Å². The van der Waals surface area contributed by atoms with E-state index in [1.807, 2.05) is 23.7 Å². The third-order valence-corrected chi connectivity index (χ3v) is 7.82. The molecular weight excluding hydrogens is 517 g/mol. The molecule has 5 rings (SSSR count). The highest BCUT2D eigenvalue weighted by Gasteiger charge is 2.44. The largest absolute Gasteiger partial charge is 0.418 e. The fourth-order valence-electron chi connectivity index (χ4n) is 6.09. The number of aromatic amines is 1. The lowest BCUT2D eigenvalue weighted by Crippen LogP contribution is -2.38. The van der Waals surface area contributed by atoms with Crippen molar-refractivity contribution in [1.29, 1.82) is 0 Å². The monoisotopic (exact) mass is 554 g/mol. The molecule has 3 aromatic heterocycles. The number of alkyl halides is 3. The van der Waals surface area contributed by atoms with Gasteiger partial charge in [0.25, 0.3) is 5.56 Å². The Morgan fingerprint density at radius 3 is 2.35 bits per heavy atom. The summed E-state index contributed by atoms with van der Waals surface area (Å²) in [5.74, 6) is 1.62. The van der Waals surface area contributed by atoms with Crippen LogP contribution < -0.4 is 5.56 Å². The minimum Gasteiger partial charge on any atom is -0.353 e. The SMILES string of the molecule is CC(C)CN(Cc1cc2c(C(F)(F)F)cn(-c3cccc(C4(c5nncn5C)CCC4)c3)c(=O)c2[nH]1)CC(C)C. The third kappa shape index (κ3) is 5.21. The number of pyridine rings is 1. The molecule has 1 aliphatic carbocycles. The van der Waals surface area contributed by atoms with Crippen molar-refractivity contribution in [3.8, 4) is 5.69 Å². The number of halogens is 3. The Kier molecular flexibility index (Phi) is 7.41. The van der Waals surface area contributed by atoms with E-state index >= 15 is 0 Å². The molecular formula is C30H37F3N6O. The lowest BCUT2D eigenvalue weighted by atomic mass is 9.63. The van der Waals surface area contributed by atoms with E-state index in [-0.39, 0.29) is 16.3 Å². The minimum absolute atomic E-state index is 0.0315. The highest BCUT2D eigenvalue weighted by Crippen LogP contribution is 2.48. The van der Waals surface area contributed by atoms with Crippen LogP contribution in [-0.2, 0) is 25.2 Å². The molecule has 0 amide bonds. The third-order valence-electron chi connectivity index (χ3n) is 7.82. The molecule has 0 bridgehead atoms. The highest BCUT2D eigenvalue weighted by molar-refractivity contribution is 5.84. The van der Waals surface area contributed by atoms with Gasteiger partial charge < -0.3 is 9.55 Å². The number of benzene rings is 1. The Morgan fingerprint density at radius 1 is 1.10 bits per heavy atom. The summed E-state index contributed by atoms with van der Waals surface area (Å²) in [7, 11) is 1.89. The Morgan fingerprint density at radius 2 is 1.80 bits per heavy atom. The molecule has 1 N–H and O–H groups in total. The second kappa shape index (κ2) is 10.5. The number of fused-ring (bicyclic) bond motifs is 1. The summed E-state index contributed by atoms with van der Waals surface area (Å²) >= 11 is 0.